The highest BCUT2D eigenvalue weighted by Crippen LogP contribution is 2.42. The van der Waals surface area contributed by atoms with Gasteiger partial charge in [0.15, 0.2) is 17.3 Å². The minimum Gasteiger partial charge on any atom is -0.454 e. The number of carbonyl (C=O) groups excluding carboxylic acids is 1. The number of nitrogens with zero attached hydrogens (tertiary/aromatic N) is 2. The van der Waals surface area contributed by atoms with Crippen molar-refractivity contribution in [2.24, 2.45) is 0 Å². The number of carbonyl (C=O) groups is 1. The summed E-state index contributed by atoms with van der Waals surface area (Å²) in [6.07, 6.45) is 0.685. The first-order valence-electron chi connectivity index (χ1n) is 12.2. The first-order valence-corrected chi connectivity index (χ1v) is 12.2. The SMILES string of the molecule is O=C(c1ccc(-c2cccc([N+](=O)[O-])c2)o1)N1CCc2c([nH]c3ccccc23)C1c1ccc2c(c1)OCO2. The maximum absolute atomic E-state index is 13.9. The summed E-state index contributed by atoms with van der Waals surface area (Å²) in [6, 6.07) is 22.9. The fraction of sp³-hybridized carbons (Fsp3) is 0.138. The quantitative estimate of drug-likeness (QED) is 0.241. The third-order valence-electron chi connectivity index (χ3n) is 7.17. The number of furan rings is 1. The molecule has 0 bridgehead atoms. The third-order valence-corrected chi connectivity index (χ3v) is 7.17. The lowest BCUT2D eigenvalue weighted by Crippen LogP contribution is -2.40. The standard InChI is InChI=1S/C29H21N3O6/c33-29(25-11-10-23(38-25)17-4-3-5-19(14-17)32(34)35)31-13-12-21-20-6-1-2-7-22(20)30-27(21)28(31)18-8-9-24-26(15-18)37-16-36-24/h1-11,14-15,28,30H,12-13,16H2. The van der Waals surface area contributed by atoms with Crippen LogP contribution in [0, 0.1) is 10.1 Å². The van der Waals surface area contributed by atoms with Crippen molar-refractivity contribution in [3.8, 4) is 22.8 Å². The molecular formula is C29H21N3O6. The van der Waals surface area contributed by atoms with Crippen molar-refractivity contribution >= 4 is 22.5 Å². The highest BCUT2D eigenvalue weighted by molar-refractivity contribution is 5.94. The van der Waals surface area contributed by atoms with E-state index in [1.165, 1.54) is 17.7 Å². The zero-order valence-electron chi connectivity index (χ0n) is 20.0. The Hall–Kier alpha value is -5.05. The van der Waals surface area contributed by atoms with Gasteiger partial charge >= 0.3 is 0 Å². The van der Waals surface area contributed by atoms with Crippen LogP contribution in [0.1, 0.15) is 33.4 Å². The minimum atomic E-state index is -0.458. The van der Waals surface area contributed by atoms with Crippen LogP contribution in [0.4, 0.5) is 5.69 Å². The fourth-order valence-corrected chi connectivity index (χ4v) is 5.41. The van der Waals surface area contributed by atoms with Gasteiger partial charge in [0.1, 0.15) is 5.76 Å². The third kappa shape index (κ3) is 3.51. The number of non-ortho nitro benzene ring substituents is 1. The molecule has 0 spiro atoms. The Bertz CT molecular complexity index is 1740. The predicted octanol–water partition coefficient (Wildman–Crippen LogP) is 5.85. The molecule has 1 atom stereocenters. The molecule has 188 valence electrons. The van der Waals surface area contributed by atoms with E-state index >= 15 is 0 Å². The summed E-state index contributed by atoms with van der Waals surface area (Å²) in [5.74, 6) is 1.60. The molecule has 2 aliphatic rings. The van der Waals surface area contributed by atoms with Crippen molar-refractivity contribution in [3.05, 3.63) is 112 Å². The zero-order valence-corrected chi connectivity index (χ0v) is 20.0. The number of ether oxygens (including phenoxy) is 2. The van der Waals surface area contributed by atoms with Crippen molar-refractivity contribution < 1.29 is 23.6 Å². The average molecular weight is 508 g/mol. The van der Waals surface area contributed by atoms with Gasteiger partial charge in [0.2, 0.25) is 6.79 Å². The predicted molar refractivity (Wildman–Crippen MR) is 138 cm³/mol. The second-order valence-electron chi connectivity index (χ2n) is 9.30. The first-order chi connectivity index (χ1) is 18.6. The van der Waals surface area contributed by atoms with E-state index in [-0.39, 0.29) is 24.1 Å². The Kier molecular flexibility index (Phi) is 4.97. The van der Waals surface area contributed by atoms with Crippen molar-refractivity contribution in [1.29, 1.82) is 0 Å². The number of nitro groups is 1. The number of para-hydroxylation sites is 1. The largest absolute Gasteiger partial charge is 0.454 e. The van der Waals surface area contributed by atoms with Gasteiger partial charge < -0.3 is 23.8 Å². The number of fused-ring (bicyclic) bond motifs is 4. The van der Waals surface area contributed by atoms with Crippen LogP contribution in [0.25, 0.3) is 22.2 Å². The van der Waals surface area contributed by atoms with Crippen LogP contribution in [0.2, 0.25) is 0 Å². The van der Waals surface area contributed by atoms with Crippen molar-refractivity contribution in [3.63, 3.8) is 0 Å². The molecule has 2 aromatic heterocycles. The van der Waals surface area contributed by atoms with Gasteiger partial charge in [0.25, 0.3) is 11.6 Å². The van der Waals surface area contributed by atoms with Crippen LogP contribution < -0.4 is 9.47 Å². The second kappa shape index (κ2) is 8.52. The van der Waals surface area contributed by atoms with Crippen LogP contribution in [0.5, 0.6) is 11.5 Å². The summed E-state index contributed by atoms with van der Waals surface area (Å²) in [5.41, 5.74) is 4.53. The lowest BCUT2D eigenvalue weighted by atomic mass is 9.92. The Morgan fingerprint density at radius 3 is 2.74 bits per heavy atom. The lowest BCUT2D eigenvalue weighted by molar-refractivity contribution is -0.384. The van der Waals surface area contributed by atoms with Crippen LogP contribution in [-0.4, -0.2) is 34.1 Å². The average Bonchev–Trinajstić information content (AvgIpc) is 3.70. The molecule has 3 aromatic carbocycles. The highest BCUT2D eigenvalue weighted by atomic mass is 16.7. The summed E-state index contributed by atoms with van der Waals surface area (Å²) in [4.78, 5) is 30.0. The van der Waals surface area contributed by atoms with E-state index in [2.05, 4.69) is 11.1 Å². The molecule has 1 unspecified atom stereocenters. The first kappa shape index (κ1) is 22.2. The van der Waals surface area contributed by atoms with Crippen LogP contribution in [0.15, 0.2) is 83.3 Å². The summed E-state index contributed by atoms with van der Waals surface area (Å²) in [5, 5.41) is 12.4. The Labute approximate surface area is 216 Å². The van der Waals surface area contributed by atoms with Gasteiger partial charge in [-0.05, 0) is 47.9 Å². The number of H-pyrrole nitrogens is 1. The zero-order chi connectivity index (χ0) is 25.8. The van der Waals surface area contributed by atoms with Gasteiger partial charge in [-0.2, -0.15) is 0 Å². The normalized spacial score (nSPS) is 16.0. The lowest BCUT2D eigenvalue weighted by Gasteiger charge is -2.35. The minimum absolute atomic E-state index is 0.0444. The van der Waals surface area contributed by atoms with E-state index in [9.17, 15) is 14.9 Å². The highest BCUT2D eigenvalue weighted by Gasteiger charge is 2.36. The molecule has 0 aliphatic carbocycles. The molecule has 7 rings (SSSR count). The Balaban J connectivity index is 1.30. The molecule has 9 heteroatoms. The van der Waals surface area contributed by atoms with E-state index in [1.54, 1.807) is 29.2 Å². The monoisotopic (exact) mass is 507 g/mol. The summed E-state index contributed by atoms with van der Waals surface area (Å²) >= 11 is 0. The Morgan fingerprint density at radius 1 is 0.974 bits per heavy atom. The molecule has 0 saturated carbocycles. The van der Waals surface area contributed by atoms with Gasteiger partial charge in [0.05, 0.1) is 11.0 Å². The van der Waals surface area contributed by atoms with E-state index in [0.717, 1.165) is 22.2 Å². The summed E-state index contributed by atoms with van der Waals surface area (Å²) < 4.78 is 17.1. The number of aromatic nitrogens is 1. The molecule has 2 aliphatic heterocycles. The molecule has 0 fully saturated rings. The molecule has 38 heavy (non-hydrogen) atoms. The fourth-order valence-electron chi connectivity index (χ4n) is 5.41. The van der Waals surface area contributed by atoms with E-state index in [0.29, 0.717) is 35.8 Å². The number of hydrogen-bond donors (Lipinski definition) is 1. The van der Waals surface area contributed by atoms with E-state index in [4.69, 9.17) is 13.9 Å². The number of rotatable bonds is 4. The van der Waals surface area contributed by atoms with Crippen molar-refractivity contribution in [2.45, 2.75) is 12.5 Å². The summed E-state index contributed by atoms with van der Waals surface area (Å²) in [7, 11) is 0. The second-order valence-corrected chi connectivity index (χ2v) is 9.30. The maximum atomic E-state index is 13.9. The number of nitrogens with one attached hydrogen (secondary N) is 1. The number of amides is 1. The van der Waals surface area contributed by atoms with Crippen molar-refractivity contribution in [2.75, 3.05) is 13.3 Å². The van der Waals surface area contributed by atoms with Crippen molar-refractivity contribution in [1.82, 2.24) is 9.88 Å². The number of nitro benzene ring substituents is 1. The van der Waals surface area contributed by atoms with E-state index < -0.39 is 11.0 Å². The summed E-state index contributed by atoms with van der Waals surface area (Å²) in [6.45, 7) is 0.649. The van der Waals surface area contributed by atoms with Crippen LogP contribution >= 0.6 is 0 Å². The molecule has 5 aromatic rings. The van der Waals surface area contributed by atoms with Gasteiger partial charge in [-0.15, -0.1) is 0 Å². The number of hydrogen-bond acceptors (Lipinski definition) is 6. The number of aromatic amines is 1. The van der Waals surface area contributed by atoms with E-state index in [1.807, 2.05) is 36.4 Å². The van der Waals surface area contributed by atoms with Crippen LogP contribution in [0.3, 0.4) is 0 Å². The molecule has 1 N–H and O–H groups in total. The topological polar surface area (TPSA) is 111 Å². The number of benzene rings is 3. The molecule has 0 saturated heterocycles. The smallest absolute Gasteiger partial charge is 0.290 e. The van der Waals surface area contributed by atoms with Gasteiger partial charge in [-0.3, -0.25) is 14.9 Å². The molecular weight excluding hydrogens is 486 g/mol. The Morgan fingerprint density at radius 2 is 1.84 bits per heavy atom. The van der Waals surface area contributed by atoms with Crippen LogP contribution in [-0.2, 0) is 6.42 Å². The molecule has 1 amide bonds. The molecule has 0 radical (unpaired) electrons. The molecule has 4 heterocycles. The van der Waals surface area contributed by atoms with Gasteiger partial charge in [0, 0.05) is 40.8 Å². The maximum Gasteiger partial charge on any atom is 0.290 e. The van der Waals surface area contributed by atoms with Gasteiger partial charge in [-0.25, -0.2) is 0 Å². The molecule has 9 nitrogen and oxygen atoms in total. The van der Waals surface area contributed by atoms with Gasteiger partial charge in [-0.1, -0.05) is 36.4 Å².